The molecule has 0 bridgehead atoms. The summed E-state index contributed by atoms with van der Waals surface area (Å²) in [5.74, 6) is 0.123. The molecule has 3 N–H and O–H groups in total. The zero-order chi connectivity index (χ0) is 23.6. The van der Waals surface area contributed by atoms with E-state index in [4.69, 9.17) is 9.73 Å². The maximum absolute atomic E-state index is 12.4. The predicted molar refractivity (Wildman–Crippen MR) is 126 cm³/mol. The molecule has 0 amide bonds. The lowest BCUT2D eigenvalue weighted by molar-refractivity contribution is -0.237. The highest BCUT2D eigenvalue weighted by atomic mass is 16.5. The average Bonchev–Trinajstić information content (AvgIpc) is 3.31. The summed E-state index contributed by atoms with van der Waals surface area (Å²) in [6, 6.07) is 0.190. The first-order valence-electron chi connectivity index (χ1n) is 13.1. The Morgan fingerprint density at radius 3 is 2.61 bits per heavy atom. The molecule has 1 heterocycles. The Hall–Kier alpha value is -1.24. The molecule has 6 heteroatoms. The van der Waals surface area contributed by atoms with Crippen LogP contribution in [0, 0.1) is 28.6 Å². The SMILES string of the molecule is CCC(C)N=C[C@]12CC[C@H](O)C[C@@]1(O)CC[C@@H]1[C@@H]2CC[C@]2(C)[C@@H](C3=CC(=O)OC3)CC[C@]12O. The van der Waals surface area contributed by atoms with Gasteiger partial charge in [0.1, 0.15) is 6.61 Å². The van der Waals surface area contributed by atoms with Crippen molar-refractivity contribution in [3.05, 3.63) is 11.6 Å². The van der Waals surface area contributed by atoms with E-state index in [9.17, 15) is 20.1 Å². The second-order valence-corrected chi connectivity index (χ2v) is 12.1. The van der Waals surface area contributed by atoms with Gasteiger partial charge in [0.05, 0.1) is 17.3 Å². The minimum Gasteiger partial charge on any atom is -0.458 e. The molecule has 0 spiro atoms. The number of hydrogen-bond acceptors (Lipinski definition) is 6. The molecule has 0 aromatic rings. The minimum atomic E-state index is -0.973. The van der Waals surface area contributed by atoms with Gasteiger partial charge in [-0.15, -0.1) is 0 Å². The first kappa shape index (κ1) is 23.5. The third-order valence-electron chi connectivity index (χ3n) is 10.8. The Morgan fingerprint density at radius 1 is 1.15 bits per heavy atom. The summed E-state index contributed by atoms with van der Waals surface area (Å²) in [7, 11) is 0. The number of aliphatic imine (C=N–C) groups is 1. The Balaban J connectivity index is 1.53. The third kappa shape index (κ3) is 3.23. The summed E-state index contributed by atoms with van der Waals surface area (Å²) in [6.45, 7) is 6.80. The standard InChI is InChI=1S/C27H41NO5/c1-4-17(2)28-16-25-10-5-19(29)14-26(25,31)11-7-22-21(25)6-9-24(3)20(8-12-27(22,24)32)18-13-23(30)33-15-18/h13,16-17,19-22,29,31-32H,4-12,14-15H2,1-3H3/t17?,19-,20+,21-,22+,24+,25-,26-,27-/m0/s1. The highest BCUT2D eigenvalue weighted by Gasteiger charge is 2.71. The first-order valence-corrected chi connectivity index (χ1v) is 13.1. The smallest absolute Gasteiger partial charge is 0.331 e. The third-order valence-corrected chi connectivity index (χ3v) is 10.8. The second kappa shape index (κ2) is 7.89. The molecular weight excluding hydrogens is 418 g/mol. The Bertz CT molecular complexity index is 871. The fraction of sp³-hybridized carbons (Fsp3) is 0.852. The van der Waals surface area contributed by atoms with Gasteiger partial charge in [0.25, 0.3) is 0 Å². The molecule has 33 heavy (non-hydrogen) atoms. The molecule has 0 aromatic carbocycles. The molecular formula is C27H41NO5. The number of rotatable bonds is 4. The Labute approximate surface area is 197 Å². The summed E-state index contributed by atoms with van der Waals surface area (Å²) in [4.78, 5) is 16.7. The molecule has 1 unspecified atom stereocenters. The molecule has 4 saturated carbocycles. The quantitative estimate of drug-likeness (QED) is 0.441. The van der Waals surface area contributed by atoms with Crippen LogP contribution in [0.2, 0.25) is 0 Å². The zero-order valence-electron chi connectivity index (χ0n) is 20.4. The van der Waals surface area contributed by atoms with Gasteiger partial charge in [-0.2, -0.15) is 0 Å². The molecule has 6 nitrogen and oxygen atoms in total. The van der Waals surface area contributed by atoms with E-state index in [-0.39, 0.29) is 35.2 Å². The van der Waals surface area contributed by atoms with Crippen LogP contribution >= 0.6 is 0 Å². The number of esters is 1. The molecule has 4 aliphatic carbocycles. The van der Waals surface area contributed by atoms with E-state index in [2.05, 4.69) is 27.0 Å². The number of ether oxygens (including phenoxy) is 1. The summed E-state index contributed by atoms with van der Waals surface area (Å²) < 4.78 is 5.23. The van der Waals surface area contributed by atoms with Crippen LogP contribution in [0.5, 0.6) is 0 Å². The summed E-state index contributed by atoms with van der Waals surface area (Å²) in [6.07, 6.45) is 10.7. The summed E-state index contributed by atoms with van der Waals surface area (Å²) in [5, 5.41) is 34.8. The van der Waals surface area contributed by atoms with Crippen molar-refractivity contribution in [2.45, 2.75) is 108 Å². The monoisotopic (exact) mass is 459 g/mol. The topological polar surface area (TPSA) is 99.4 Å². The molecule has 0 saturated heterocycles. The fourth-order valence-electron chi connectivity index (χ4n) is 8.73. The van der Waals surface area contributed by atoms with Gasteiger partial charge in [-0.25, -0.2) is 4.79 Å². The molecule has 9 atom stereocenters. The van der Waals surface area contributed by atoms with Gasteiger partial charge < -0.3 is 20.1 Å². The van der Waals surface area contributed by atoms with Crippen LogP contribution in [-0.2, 0) is 9.53 Å². The van der Waals surface area contributed by atoms with Gasteiger partial charge in [-0.3, -0.25) is 4.99 Å². The second-order valence-electron chi connectivity index (χ2n) is 12.1. The van der Waals surface area contributed by atoms with Crippen LogP contribution in [0.3, 0.4) is 0 Å². The lowest BCUT2D eigenvalue weighted by atomic mass is 9.41. The number of fused-ring (bicyclic) bond motifs is 5. The van der Waals surface area contributed by atoms with Crippen LogP contribution < -0.4 is 0 Å². The minimum absolute atomic E-state index is 0.0822. The van der Waals surface area contributed by atoms with E-state index in [0.717, 1.165) is 50.5 Å². The molecule has 5 rings (SSSR count). The van der Waals surface area contributed by atoms with Crippen LogP contribution in [0.25, 0.3) is 0 Å². The van der Waals surface area contributed by atoms with Gasteiger partial charge in [-0.1, -0.05) is 13.8 Å². The van der Waals surface area contributed by atoms with Crippen molar-refractivity contribution in [3.63, 3.8) is 0 Å². The number of carbonyl (C=O) groups excluding carboxylic acids is 1. The fourth-order valence-corrected chi connectivity index (χ4v) is 8.73. The molecule has 4 fully saturated rings. The van der Waals surface area contributed by atoms with Crippen LogP contribution in [-0.4, -0.2) is 57.5 Å². The summed E-state index contributed by atoms with van der Waals surface area (Å²) >= 11 is 0. The highest BCUT2D eigenvalue weighted by molar-refractivity contribution is 5.85. The van der Waals surface area contributed by atoms with Crippen LogP contribution in [0.4, 0.5) is 0 Å². The van der Waals surface area contributed by atoms with E-state index in [1.165, 1.54) is 0 Å². The van der Waals surface area contributed by atoms with Crippen molar-refractivity contribution in [1.82, 2.24) is 0 Å². The Morgan fingerprint density at radius 2 is 1.91 bits per heavy atom. The molecule has 5 aliphatic rings. The first-order chi connectivity index (χ1) is 15.6. The summed E-state index contributed by atoms with van der Waals surface area (Å²) in [5.41, 5.74) is -1.56. The van der Waals surface area contributed by atoms with E-state index < -0.39 is 22.7 Å². The lowest BCUT2D eigenvalue weighted by Crippen LogP contribution is -2.68. The van der Waals surface area contributed by atoms with Gasteiger partial charge in [0, 0.05) is 35.6 Å². The highest BCUT2D eigenvalue weighted by Crippen LogP contribution is 2.70. The van der Waals surface area contributed by atoms with Crippen LogP contribution in [0.15, 0.2) is 16.6 Å². The van der Waals surface area contributed by atoms with Gasteiger partial charge >= 0.3 is 5.97 Å². The van der Waals surface area contributed by atoms with Crippen molar-refractivity contribution in [3.8, 4) is 0 Å². The van der Waals surface area contributed by atoms with Gasteiger partial charge in [0.15, 0.2) is 0 Å². The van der Waals surface area contributed by atoms with Gasteiger partial charge in [-0.05, 0) is 88.0 Å². The number of hydrogen-bond donors (Lipinski definition) is 3. The maximum atomic E-state index is 12.4. The normalized spacial score (nSPS) is 50.4. The number of carbonyl (C=O) groups is 1. The maximum Gasteiger partial charge on any atom is 0.331 e. The van der Waals surface area contributed by atoms with Crippen molar-refractivity contribution < 1.29 is 24.9 Å². The molecule has 184 valence electrons. The molecule has 0 aromatic heterocycles. The average molecular weight is 460 g/mol. The van der Waals surface area contributed by atoms with Crippen molar-refractivity contribution in [2.24, 2.45) is 33.6 Å². The molecule has 0 radical (unpaired) electrons. The number of aliphatic hydroxyl groups excluding tert-OH is 1. The van der Waals surface area contributed by atoms with Gasteiger partial charge in [0.2, 0.25) is 0 Å². The van der Waals surface area contributed by atoms with E-state index in [1.54, 1.807) is 6.08 Å². The van der Waals surface area contributed by atoms with Crippen molar-refractivity contribution >= 4 is 12.2 Å². The van der Waals surface area contributed by atoms with E-state index in [0.29, 0.717) is 25.9 Å². The predicted octanol–water partition coefficient (Wildman–Crippen LogP) is 3.57. The number of aliphatic hydroxyl groups is 3. The zero-order valence-corrected chi connectivity index (χ0v) is 20.4. The van der Waals surface area contributed by atoms with Crippen molar-refractivity contribution in [1.29, 1.82) is 0 Å². The van der Waals surface area contributed by atoms with Crippen LogP contribution in [0.1, 0.15) is 85.0 Å². The largest absolute Gasteiger partial charge is 0.458 e. The molecule has 1 aliphatic heterocycles. The number of cyclic esters (lactones) is 1. The van der Waals surface area contributed by atoms with Crippen molar-refractivity contribution in [2.75, 3.05) is 6.61 Å². The van der Waals surface area contributed by atoms with E-state index in [1.807, 2.05) is 0 Å². The van der Waals surface area contributed by atoms with E-state index >= 15 is 0 Å². The lowest BCUT2D eigenvalue weighted by Gasteiger charge is -2.65. The Kier molecular flexibility index (Phi) is 5.62. The number of nitrogens with zero attached hydrogens (tertiary/aromatic N) is 1.